The van der Waals surface area contributed by atoms with Crippen LogP contribution >= 0.6 is 11.3 Å². The topological polar surface area (TPSA) is 42.4 Å². The summed E-state index contributed by atoms with van der Waals surface area (Å²) in [5, 5.41) is 8.92. The minimum absolute atomic E-state index is 0.0600. The highest BCUT2D eigenvalue weighted by atomic mass is 32.1. The van der Waals surface area contributed by atoms with E-state index in [1.165, 1.54) is 24.3 Å². The molecule has 1 atom stereocenters. The van der Waals surface area contributed by atoms with Gasteiger partial charge < -0.3 is 9.84 Å². The van der Waals surface area contributed by atoms with Gasteiger partial charge in [0.1, 0.15) is 11.9 Å². The Bertz CT molecular complexity index is 614. The standard InChI is InChI=1S/C12H8F5NO2S/c13-11(14)20-7-4-2-1-3-6(7)9(19)8-5-18-10(21-8)12(15,16)17/h1-5,9,11,19H. The Morgan fingerprint density at radius 3 is 2.43 bits per heavy atom. The molecule has 1 aromatic carbocycles. The Balaban J connectivity index is 2.32. The summed E-state index contributed by atoms with van der Waals surface area (Å²) in [4.78, 5) is 3.05. The molecular formula is C12H8F5NO2S. The summed E-state index contributed by atoms with van der Waals surface area (Å²) in [6.07, 6.45) is -5.30. The molecule has 1 heterocycles. The molecule has 3 nitrogen and oxygen atoms in total. The molecule has 0 aliphatic rings. The first kappa shape index (κ1) is 15.6. The second-order valence-corrected chi connectivity index (χ2v) is 4.95. The normalized spacial score (nSPS) is 13.5. The van der Waals surface area contributed by atoms with Crippen molar-refractivity contribution in [2.45, 2.75) is 18.9 Å². The number of halogens is 5. The van der Waals surface area contributed by atoms with Crippen LogP contribution in [-0.2, 0) is 6.18 Å². The van der Waals surface area contributed by atoms with E-state index in [-0.39, 0.29) is 27.5 Å². The number of hydrogen-bond acceptors (Lipinski definition) is 4. The summed E-state index contributed by atoms with van der Waals surface area (Å²) in [6, 6.07) is 5.33. The van der Waals surface area contributed by atoms with E-state index in [9.17, 15) is 27.1 Å². The van der Waals surface area contributed by atoms with Crippen molar-refractivity contribution in [3.8, 4) is 5.75 Å². The molecule has 0 aliphatic heterocycles. The molecule has 1 N–H and O–H groups in total. The van der Waals surface area contributed by atoms with Gasteiger partial charge in [-0.05, 0) is 6.07 Å². The van der Waals surface area contributed by atoms with Gasteiger partial charge in [-0.15, -0.1) is 11.3 Å². The lowest BCUT2D eigenvalue weighted by Gasteiger charge is -2.14. The van der Waals surface area contributed by atoms with Crippen molar-refractivity contribution in [3.05, 3.63) is 45.9 Å². The number of nitrogens with zero attached hydrogens (tertiary/aromatic N) is 1. The molecule has 21 heavy (non-hydrogen) atoms. The second kappa shape index (κ2) is 5.94. The molecule has 114 valence electrons. The number of aromatic nitrogens is 1. The van der Waals surface area contributed by atoms with Crippen LogP contribution in [-0.4, -0.2) is 16.7 Å². The number of rotatable bonds is 4. The average Bonchev–Trinajstić information content (AvgIpc) is 2.87. The van der Waals surface area contributed by atoms with Crippen LogP contribution in [0.2, 0.25) is 0 Å². The number of thiazole rings is 1. The fourth-order valence-corrected chi connectivity index (χ4v) is 2.40. The van der Waals surface area contributed by atoms with Gasteiger partial charge in [0.25, 0.3) is 0 Å². The Labute approximate surface area is 119 Å². The van der Waals surface area contributed by atoms with Gasteiger partial charge in [0.05, 0.1) is 4.88 Å². The molecule has 0 radical (unpaired) electrons. The van der Waals surface area contributed by atoms with Crippen molar-refractivity contribution >= 4 is 11.3 Å². The fourth-order valence-electron chi connectivity index (χ4n) is 1.61. The molecular weight excluding hydrogens is 317 g/mol. The van der Waals surface area contributed by atoms with Crippen molar-refractivity contribution in [2.75, 3.05) is 0 Å². The average molecular weight is 325 g/mol. The lowest BCUT2D eigenvalue weighted by atomic mass is 10.1. The highest BCUT2D eigenvalue weighted by Gasteiger charge is 2.35. The first-order valence-electron chi connectivity index (χ1n) is 5.53. The summed E-state index contributed by atoms with van der Waals surface area (Å²) < 4.78 is 66.1. The van der Waals surface area contributed by atoms with Crippen molar-refractivity contribution in [1.82, 2.24) is 4.98 Å². The molecule has 0 fully saturated rings. The monoisotopic (exact) mass is 325 g/mol. The van der Waals surface area contributed by atoms with E-state index in [0.717, 1.165) is 6.20 Å². The summed E-state index contributed by atoms with van der Waals surface area (Å²) >= 11 is 0.241. The van der Waals surface area contributed by atoms with Crippen molar-refractivity contribution in [1.29, 1.82) is 0 Å². The van der Waals surface area contributed by atoms with Gasteiger partial charge in [0.2, 0.25) is 0 Å². The van der Waals surface area contributed by atoms with Crippen LogP contribution in [0.4, 0.5) is 22.0 Å². The van der Waals surface area contributed by atoms with E-state index in [2.05, 4.69) is 9.72 Å². The Morgan fingerprint density at radius 2 is 1.86 bits per heavy atom. The Hall–Kier alpha value is -1.74. The smallest absolute Gasteiger partial charge is 0.434 e. The summed E-state index contributed by atoms with van der Waals surface area (Å²) in [5.74, 6) is -0.304. The zero-order valence-corrected chi connectivity index (χ0v) is 11.0. The van der Waals surface area contributed by atoms with Gasteiger partial charge in [0, 0.05) is 11.8 Å². The number of aliphatic hydroxyl groups is 1. The van der Waals surface area contributed by atoms with E-state index < -0.39 is 23.9 Å². The maximum absolute atomic E-state index is 12.5. The highest BCUT2D eigenvalue weighted by Crippen LogP contribution is 2.38. The van der Waals surface area contributed by atoms with Crippen LogP contribution in [0.25, 0.3) is 0 Å². The Kier molecular flexibility index (Phi) is 4.43. The lowest BCUT2D eigenvalue weighted by Crippen LogP contribution is -2.07. The first-order chi connectivity index (χ1) is 9.79. The largest absolute Gasteiger partial charge is 0.443 e. The van der Waals surface area contributed by atoms with Gasteiger partial charge in [-0.1, -0.05) is 18.2 Å². The van der Waals surface area contributed by atoms with Gasteiger partial charge in [-0.2, -0.15) is 22.0 Å². The van der Waals surface area contributed by atoms with Gasteiger partial charge in [-0.25, -0.2) is 4.98 Å². The SMILES string of the molecule is OC(c1cnc(C(F)(F)F)s1)c1ccccc1OC(F)F. The summed E-state index contributed by atoms with van der Waals surface area (Å²) in [5.41, 5.74) is -0.0600. The number of benzene rings is 1. The van der Waals surface area contributed by atoms with Crippen molar-refractivity contribution in [2.24, 2.45) is 0 Å². The van der Waals surface area contributed by atoms with Crippen molar-refractivity contribution in [3.63, 3.8) is 0 Å². The van der Waals surface area contributed by atoms with Gasteiger partial charge in [-0.3, -0.25) is 0 Å². The van der Waals surface area contributed by atoms with Gasteiger partial charge in [0.15, 0.2) is 5.01 Å². The predicted molar refractivity (Wildman–Crippen MR) is 64.3 cm³/mol. The number of ether oxygens (including phenoxy) is 1. The molecule has 0 aliphatic carbocycles. The van der Waals surface area contributed by atoms with E-state index in [1.807, 2.05) is 0 Å². The fraction of sp³-hybridized carbons (Fsp3) is 0.250. The molecule has 0 bridgehead atoms. The van der Waals surface area contributed by atoms with Crippen LogP contribution in [0.5, 0.6) is 5.75 Å². The molecule has 2 aromatic rings. The van der Waals surface area contributed by atoms with Crippen LogP contribution in [0.1, 0.15) is 21.6 Å². The lowest BCUT2D eigenvalue weighted by molar-refractivity contribution is -0.137. The van der Waals surface area contributed by atoms with E-state index in [1.54, 1.807) is 0 Å². The third-order valence-corrected chi connectivity index (χ3v) is 3.56. The van der Waals surface area contributed by atoms with Crippen LogP contribution in [0.15, 0.2) is 30.5 Å². The molecule has 1 aromatic heterocycles. The predicted octanol–water partition coefficient (Wildman–Crippen LogP) is 3.85. The van der Waals surface area contributed by atoms with Crippen LogP contribution < -0.4 is 4.74 Å². The highest BCUT2D eigenvalue weighted by molar-refractivity contribution is 7.11. The number of aliphatic hydroxyl groups excluding tert-OH is 1. The zero-order chi connectivity index (χ0) is 15.6. The maximum atomic E-state index is 12.5. The second-order valence-electron chi connectivity index (χ2n) is 3.88. The summed E-state index contributed by atoms with van der Waals surface area (Å²) in [7, 11) is 0. The molecule has 0 saturated heterocycles. The third-order valence-electron chi connectivity index (χ3n) is 2.47. The number of hydrogen-bond donors (Lipinski definition) is 1. The molecule has 9 heteroatoms. The minimum Gasteiger partial charge on any atom is -0.434 e. The Morgan fingerprint density at radius 1 is 1.19 bits per heavy atom. The molecule has 0 spiro atoms. The van der Waals surface area contributed by atoms with E-state index in [4.69, 9.17) is 0 Å². The summed E-state index contributed by atoms with van der Waals surface area (Å²) in [6.45, 7) is -3.11. The van der Waals surface area contributed by atoms with E-state index in [0.29, 0.717) is 0 Å². The van der Waals surface area contributed by atoms with Crippen LogP contribution in [0, 0.1) is 0 Å². The quantitative estimate of drug-likeness (QED) is 0.869. The molecule has 1 unspecified atom stereocenters. The maximum Gasteiger partial charge on any atom is 0.443 e. The molecule has 0 amide bonds. The van der Waals surface area contributed by atoms with E-state index >= 15 is 0 Å². The van der Waals surface area contributed by atoms with Crippen LogP contribution in [0.3, 0.4) is 0 Å². The molecule has 0 saturated carbocycles. The molecule has 2 rings (SSSR count). The minimum atomic E-state index is -4.62. The number of para-hydroxylation sites is 1. The van der Waals surface area contributed by atoms with Gasteiger partial charge >= 0.3 is 12.8 Å². The zero-order valence-electron chi connectivity index (χ0n) is 10.1. The number of alkyl halides is 5. The third kappa shape index (κ3) is 3.67. The first-order valence-corrected chi connectivity index (χ1v) is 6.35. The van der Waals surface area contributed by atoms with Crippen molar-refractivity contribution < 1.29 is 31.8 Å².